The highest BCUT2D eigenvalue weighted by molar-refractivity contribution is 5.25. The molecule has 0 radical (unpaired) electrons. The van der Waals surface area contributed by atoms with E-state index in [-0.39, 0.29) is 0 Å². The smallest absolute Gasteiger partial charge is 0.0431 e. The summed E-state index contributed by atoms with van der Waals surface area (Å²) in [5.41, 5.74) is 3.03. The molecule has 186 valence electrons. The van der Waals surface area contributed by atoms with Crippen molar-refractivity contribution in [2.45, 2.75) is 131 Å². The van der Waals surface area contributed by atoms with E-state index in [0.29, 0.717) is 17.4 Å². The SMILES string of the molecule is CC.CC.CC12CCC(CC3CC3)CC1=CCC1C2CCC2(C)C(CCCCO)CCC12. The van der Waals surface area contributed by atoms with Crippen molar-refractivity contribution in [2.24, 2.45) is 46.3 Å². The van der Waals surface area contributed by atoms with E-state index >= 15 is 0 Å². The predicted molar refractivity (Wildman–Crippen MR) is 140 cm³/mol. The van der Waals surface area contributed by atoms with Crippen LogP contribution in [0.25, 0.3) is 0 Å². The van der Waals surface area contributed by atoms with Gasteiger partial charge in [-0.25, -0.2) is 0 Å². The van der Waals surface area contributed by atoms with Gasteiger partial charge in [0, 0.05) is 6.61 Å². The highest BCUT2D eigenvalue weighted by atomic mass is 16.2. The minimum atomic E-state index is 0.380. The highest BCUT2D eigenvalue weighted by Crippen LogP contribution is 2.67. The lowest BCUT2D eigenvalue weighted by atomic mass is 9.46. The number of rotatable bonds is 6. The first-order valence-electron chi connectivity index (χ1n) is 14.8. The molecular weight excluding hydrogens is 388 g/mol. The first-order valence-corrected chi connectivity index (χ1v) is 14.8. The Kier molecular flexibility index (Phi) is 9.39. The highest BCUT2D eigenvalue weighted by Gasteiger charge is 2.58. The Balaban J connectivity index is 0.000000686. The Bertz CT molecular complexity index is 604. The number of hydrogen-bond donors (Lipinski definition) is 1. The molecule has 4 saturated carbocycles. The Morgan fingerprint density at radius 2 is 1.59 bits per heavy atom. The van der Waals surface area contributed by atoms with Gasteiger partial charge in [0.2, 0.25) is 0 Å². The van der Waals surface area contributed by atoms with Gasteiger partial charge in [0.05, 0.1) is 0 Å². The molecule has 1 nitrogen and oxygen atoms in total. The quantitative estimate of drug-likeness (QED) is 0.320. The summed E-state index contributed by atoms with van der Waals surface area (Å²) in [6, 6.07) is 0. The molecule has 0 aromatic heterocycles. The summed E-state index contributed by atoms with van der Waals surface area (Å²) in [6.45, 7) is 13.7. The van der Waals surface area contributed by atoms with E-state index in [9.17, 15) is 5.11 Å². The predicted octanol–water partition coefficient (Wildman–Crippen LogP) is 9.20. The molecule has 0 spiro atoms. The third kappa shape index (κ3) is 5.04. The lowest BCUT2D eigenvalue weighted by Crippen LogP contribution is -2.50. The largest absolute Gasteiger partial charge is 0.396 e. The Hall–Kier alpha value is -0.300. The van der Waals surface area contributed by atoms with Crippen molar-refractivity contribution in [1.82, 2.24) is 0 Å². The van der Waals surface area contributed by atoms with Crippen LogP contribution in [-0.4, -0.2) is 11.7 Å². The third-order valence-electron chi connectivity index (χ3n) is 10.7. The number of hydrogen-bond acceptors (Lipinski definition) is 1. The maximum Gasteiger partial charge on any atom is 0.0431 e. The minimum Gasteiger partial charge on any atom is -0.396 e. The number of fused-ring (bicyclic) bond motifs is 5. The van der Waals surface area contributed by atoms with Gasteiger partial charge in [-0.05, 0) is 117 Å². The van der Waals surface area contributed by atoms with E-state index in [1.165, 1.54) is 83.5 Å². The zero-order valence-corrected chi connectivity index (χ0v) is 22.6. The fraction of sp³-hybridized carbons (Fsp3) is 0.935. The standard InChI is InChI=1S/C27H44O.2C2H6/c1-26-15-13-25-23(24(26)11-9-21(26)5-3-4-16-28)10-8-22-18-20(17-19-6-7-19)12-14-27(22,25)2;2*1-2/h8,19-21,23-25,28H,3-7,9-18H2,1-2H3;2*1-2H3. The number of allylic oxidation sites excluding steroid dienone is 2. The number of unbranched alkanes of at least 4 members (excludes halogenated alkanes) is 1. The van der Waals surface area contributed by atoms with Gasteiger partial charge in [-0.3, -0.25) is 0 Å². The van der Waals surface area contributed by atoms with E-state index in [4.69, 9.17) is 0 Å². The maximum absolute atomic E-state index is 9.19. The molecular formula is C31H56O. The van der Waals surface area contributed by atoms with Crippen LogP contribution in [0.4, 0.5) is 0 Å². The van der Waals surface area contributed by atoms with Crippen molar-refractivity contribution in [3.8, 4) is 0 Å². The van der Waals surface area contributed by atoms with Gasteiger partial charge in [0.1, 0.15) is 0 Å². The molecule has 0 aliphatic heterocycles. The van der Waals surface area contributed by atoms with Gasteiger partial charge in [-0.15, -0.1) is 0 Å². The fourth-order valence-corrected chi connectivity index (χ4v) is 8.85. The zero-order valence-electron chi connectivity index (χ0n) is 22.6. The zero-order chi connectivity index (χ0) is 23.4. The van der Waals surface area contributed by atoms with Crippen LogP contribution in [0.3, 0.4) is 0 Å². The van der Waals surface area contributed by atoms with E-state index in [0.717, 1.165) is 41.9 Å². The molecule has 0 saturated heterocycles. The topological polar surface area (TPSA) is 20.2 Å². The van der Waals surface area contributed by atoms with Crippen molar-refractivity contribution < 1.29 is 5.11 Å². The van der Waals surface area contributed by atoms with Crippen LogP contribution in [0.1, 0.15) is 131 Å². The average Bonchev–Trinajstić information content (AvgIpc) is 3.57. The van der Waals surface area contributed by atoms with Gasteiger partial charge >= 0.3 is 0 Å². The Morgan fingerprint density at radius 1 is 0.844 bits per heavy atom. The molecule has 0 aromatic rings. The summed E-state index contributed by atoms with van der Waals surface area (Å²) in [7, 11) is 0. The average molecular weight is 445 g/mol. The molecule has 7 unspecified atom stereocenters. The number of aliphatic hydroxyl groups is 1. The lowest BCUT2D eigenvalue weighted by molar-refractivity contribution is -0.0460. The molecule has 0 aromatic carbocycles. The van der Waals surface area contributed by atoms with Gasteiger partial charge in [-0.2, -0.15) is 0 Å². The van der Waals surface area contributed by atoms with Crippen LogP contribution in [0.15, 0.2) is 11.6 Å². The van der Waals surface area contributed by atoms with Gasteiger partial charge in [-0.1, -0.05) is 72.5 Å². The van der Waals surface area contributed by atoms with Crippen molar-refractivity contribution in [3.05, 3.63) is 11.6 Å². The molecule has 5 aliphatic rings. The Labute approximate surface area is 201 Å². The van der Waals surface area contributed by atoms with E-state index in [1.807, 2.05) is 33.3 Å². The normalized spacial score (nSPS) is 42.2. The van der Waals surface area contributed by atoms with Crippen LogP contribution < -0.4 is 0 Å². The van der Waals surface area contributed by atoms with Gasteiger partial charge in [0.15, 0.2) is 0 Å². The summed E-state index contributed by atoms with van der Waals surface area (Å²) in [5.74, 6) is 5.96. The van der Waals surface area contributed by atoms with Crippen LogP contribution >= 0.6 is 0 Å². The van der Waals surface area contributed by atoms with E-state index < -0.39 is 0 Å². The van der Waals surface area contributed by atoms with E-state index in [1.54, 1.807) is 0 Å². The summed E-state index contributed by atoms with van der Waals surface area (Å²) in [5, 5.41) is 9.19. The van der Waals surface area contributed by atoms with Crippen LogP contribution in [0, 0.1) is 46.3 Å². The molecule has 32 heavy (non-hydrogen) atoms. The second-order valence-corrected chi connectivity index (χ2v) is 12.1. The van der Waals surface area contributed by atoms with Crippen LogP contribution in [-0.2, 0) is 0 Å². The second kappa shape index (κ2) is 11.4. The molecule has 5 rings (SSSR count). The molecule has 5 aliphatic carbocycles. The molecule has 1 N–H and O–H groups in total. The monoisotopic (exact) mass is 444 g/mol. The third-order valence-corrected chi connectivity index (χ3v) is 10.7. The summed E-state index contributed by atoms with van der Waals surface area (Å²) in [6.07, 6.45) is 22.8. The van der Waals surface area contributed by atoms with Crippen LogP contribution in [0.2, 0.25) is 0 Å². The van der Waals surface area contributed by atoms with Crippen molar-refractivity contribution in [1.29, 1.82) is 0 Å². The molecule has 0 amide bonds. The molecule has 7 atom stereocenters. The summed E-state index contributed by atoms with van der Waals surface area (Å²) >= 11 is 0. The van der Waals surface area contributed by atoms with Crippen molar-refractivity contribution in [2.75, 3.05) is 6.61 Å². The summed E-state index contributed by atoms with van der Waals surface area (Å²) < 4.78 is 0. The van der Waals surface area contributed by atoms with Crippen LogP contribution in [0.5, 0.6) is 0 Å². The maximum atomic E-state index is 9.19. The lowest BCUT2D eigenvalue weighted by Gasteiger charge is -2.58. The minimum absolute atomic E-state index is 0.380. The van der Waals surface area contributed by atoms with E-state index in [2.05, 4.69) is 19.9 Å². The molecule has 0 bridgehead atoms. The molecule has 0 heterocycles. The summed E-state index contributed by atoms with van der Waals surface area (Å²) in [4.78, 5) is 0. The molecule has 1 heteroatoms. The fourth-order valence-electron chi connectivity index (χ4n) is 8.85. The number of aliphatic hydroxyl groups excluding tert-OH is 1. The van der Waals surface area contributed by atoms with Gasteiger partial charge in [0.25, 0.3) is 0 Å². The first kappa shape index (κ1) is 26.3. The van der Waals surface area contributed by atoms with Crippen molar-refractivity contribution in [3.63, 3.8) is 0 Å². The van der Waals surface area contributed by atoms with Crippen molar-refractivity contribution >= 4 is 0 Å². The Morgan fingerprint density at radius 3 is 2.28 bits per heavy atom. The first-order chi connectivity index (χ1) is 15.5. The van der Waals surface area contributed by atoms with Gasteiger partial charge < -0.3 is 5.11 Å². The second-order valence-electron chi connectivity index (χ2n) is 12.1. The molecule has 4 fully saturated rings.